The van der Waals surface area contributed by atoms with Crippen molar-refractivity contribution in [3.63, 3.8) is 0 Å². The molecule has 0 saturated carbocycles. The van der Waals surface area contributed by atoms with Crippen molar-refractivity contribution in [1.82, 2.24) is 27.9 Å². The molecule has 0 atom stereocenters. The number of rotatable bonds is 5. The second-order valence-corrected chi connectivity index (χ2v) is 10.5. The molecule has 1 amide bonds. The highest BCUT2D eigenvalue weighted by molar-refractivity contribution is 7.89. The van der Waals surface area contributed by atoms with Crippen LogP contribution in [0.15, 0.2) is 52.9 Å². The zero-order chi connectivity index (χ0) is 22.1. The van der Waals surface area contributed by atoms with Crippen LogP contribution in [-0.4, -0.2) is 68.4 Å². The number of thiazole rings is 1. The molecule has 0 unspecified atom stereocenters. The van der Waals surface area contributed by atoms with Crippen LogP contribution in [0.3, 0.4) is 0 Å². The molecule has 1 fully saturated rings. The third-order valence-electron chi connectivity index (χ3n) is 5.23. The molecule has 1 saturated heterocycles. The molecular formula is C20H18N6O3S3. The molecule has 0 spiro atoms. The zero-order valence-corrected chi connectivity index (χ0v) is 19.2. The highest BCUT2D eigenvalue weighted by atomic mass is 32.2. The number of benzene rings is 1. The van der Waals surface area contributed by atoms with E-state index in [1.165, 1.54) is 15.6 Å². The number of fused-ring (bicyclic) bond motifs is 1. The van der Waals surface area contributed by atoms with Crippen LogP contribution in [0.1, 0.15) is 5.69 Å². The van der Waals surface area contributed by atoms with Crippen molar-refractivity contribution >= 4 is 50.0 Å². The van der Waals surface area contributed by atoms with E-state index >= 15 is 0 Å². The molecule has 4 heterocycles. The molecule has 0 aliphatic carbocycles. The molecule has 0 N–H and O–H groups in total. The number of hydrogen-bond acceptors (Lipinski definition) is 9. The molecule has 1 aromatic carbocycles. The Labute approximate surface area is 192 Å². The van der Waals surface area contributed by atoms with Gasteiger partial charge in [-0.3, -0.25) is 9.78 Å². The largest absolute Gasteiger partial charge is 0.340 e. The van der Waals surface area contributed by atoms with Crippen LogP contribution in [0.2, 0.25) is 0 Å². The lowest BCUT2D eigenvalue weighted by molar-refractivity contribution is -0.131. The summed E-state index contributed by atoms with van der Waals surface area (Å²) < 4.78 is 36.0. The summed E-state index contributed by atoms with van der Waals surface area (Å²) >= 11 is 2.44. The van der Waals surface area contributed by atoms with Gasteiger partial charge in [-0.05, 0) is 24.3 Å². The van der Waals surface area contributed by atoms with E-state index in [4.69, 9.17) is 0 Å². The lowest BCUT2D eigenvalue weighted by atomic mass is 10.2. The summed E-state index contributed by atoms with van der Waals surface area (Å²) in [6.45, 7) is 1.14. The van der Waals surface area contributed by atoms with Crippen molar-refractivity contribution < 1.29 is 13.2 Å². The number of carbonyl (C=O) groups is 1. The predicted molar refractivity (Wildman–Crippen MR) is 122 cm³/mol. The summed E-state index contributed by atoms with van der Waals surface area (Å²) in [7, 11) is -3.71. The average Bonchev–Trinajstić information content (AvgIpc) is 3.49. The second-order valence-electron chi connectivity index (χ2n) is 7.21. The Morgan fingerprint density at radius 1 is 1.03 bits per heavy atom. The normalized spacial score (nSPS) is 15.3. The maximum absolute atomic E-state index is 13.1. The van der Waals surface area contributed by atoms with Crippen molar-refractivity contribution in [1.29, 1.82) is 0 Å². The van der Waals surface area contributed by atoms with E-state index in [1.807, 2.05) is 23.6 Å². The van der Waals surface area contributed by atoms with Crippen molar-refractivity contribution in [3.8, 4) is 10.7 Å². The number of hydrogen-bond donors (Lipinski definition) is 0. The number of pyridine rings is 1. The molecule has 3 aromatic heterocycles. The van der Waals surface area contributed by atoms with Crippen molar-refractivity contribution in [2.45, 2.75) is 11.3 Å². The zero-order valence-electron chi connectivity index (χ0n) is 16.8. The van der Waals surface area contributed by atoms with Crippen LogP contribution in [-0.2, 0) is 21.2 Å². The van der Waals surface area contributed by atoms with Gasteiger partial charge in [-0.1, -0.05) is 12.1 Å². The molecule has 4 aromatic rings. The van der Waals surface area contributed by atoms with Crippen LogP contribution in [0, 0.1) is 0 Å². The van der Waals surface area contributed by atoms with Gasteiger partial charge in [0.2, 0.25) is 15.9 Å². The Bertz CT molecular complexity index is 1360. The van der Waals surface area contributed by atoms with Gasteiger partial charge in [0, 0.05) is 37.8 Å². The number of aromatic nitrogens is 4. The number of carbonyl (C=O) groups excluding carboxylic acids is 1. The van der Waals surface area contributed by atoms with Gasteiger partial charge in [0.25, 0.3) is 0 Å². The first-order valence-corrected chi connectivity index (χ1v) is 12.9. The minimum atomic E-state index is -3.71. The lowest BCUT2D eigenvalue weighted by Gasteiger charge is -2.34. The SMILES string of the molecule is O=C(Cc1csc(-c2ccccn2)n1)N1CCN(S(=O)(=O)c2cccc3nsnc23)CC1. The summed E-state index contributed by atoms with van der Waals surface area (Å²) in [4.78, 5) is 23.4. The number of piperazine rings is 1. The molecule has 1 aliphatic heterocycles. The monoisotopic (exact) mass is 486 g/mol. The highest BCUT2D eigenvalue weighted by Crippen LogP contribution is 2.26. The van der Waals surface area contributed by atoms with Gasteiger partial charge in [0.15, 0.2) is 0 Å². The van der Waals surface area contributed by atoms with Gasteiger partial charge in [-0.15, -0.1) is 11.3 Å². The summed E-state index contributed by atoms with van der Waals surface area (Å²) in [6.07, 6.45) is 1.89. The highest BCUT2D eigenvalue weighted by Gasteiger charge is 2.32. The summed E-state index contributed by atoms with van der Waals surface area (Å²) in [5, 5.41) is 2.64. The minimum absolute atomic E-state index is 0.0641. The molecular weight excluding hydrogens is 468 g/mol. The first-order chi connectivity index (χ1) is 15.5. The third-order valence-corrected chi connectivity index (χ3v) is 8.61. The smallest absolute Gasteiger partial charge is 0.245 e. The van der Waals surface area contributed by atoms with Crippen molar-refractivity contribution in [2.75, 3.05) is 26.2 Å². The van der Waals surface area contributed by atoms with E-state index in [2.05, 4.69) is 18.7 Å². The summed E-state index contributed by atoms with van der Waals surface area (Å²) in [6, 6.07) is 10.6. The molecule has 1 aliphatic rings. The van der Waals surface area contributed by atoms with Gasteiger partial charge >= 0.3 is 0 Å². The molecule has 164 valence electrons. The molecule has 32 heavy (non-hydrogen) atoms. The average molecular weight is 487 g/mol. The fourth-order valence-corrected chi connectivity index (χ4v) is 6.54. The Balaban J connectivity index is 1.23. The van der Waals surface area contributed by atoms with Crippen LogP contribution >= 0.6 is 23.1 Å². The third kappa shape index (κ3) is 4.01. The van der Waals surface area contributed by atoms with Crippen LogP contribution < -0.4 is 0 Å². The van der Waals surface area contributed by atoms with Gasteiger partial charge in [0.05, 0.1) is 29.5 Å². The van der Waals surface area contributed by atoms with E-state index in [0.29, 0.717) is 29.8 Å². The van der Waals surface area contributed by atoms with E-state index in [9.17, 15) is 13.2 Å². The fraction of sp³-hybridized carbons (Fsp3) is 0.250. The second kappa shape index (κ2) is 8.62. The van der Waals surface area contributed by atoms with E-state index < -0.39 is 10.0 Å². The summed E-state index contributed by atoms with van der Waals surface area (Å²) in [5.41, 5.74) is 2.43. The van der Waals surface area contributed by atoms with Crippen LogP contribution in [0.4, 0.5) is 0 Å². The molecule has 5 rings (SSSR count). The summed E-state index contributed by atoms with van der Waals surface area (Å²) in [5.74, 6) is -0.0641. The van der Waals surface area contributed by atoms with Crippen molar-refractivity contribution in [2.24, 2.45) is 0 Å². The van der Waals surface area contributed by atoms with Crippen LogP contribution in [0.5, 0.6) is 0 Å². The Morgan fingerprint density at radius 3 is 2.66 bits per heavy atom. The molecule has 12 heteroatoms. The van der Waals surface area contributed by atoms with Gasteiger partial charge < -0.3 is 4.90 Å². The fourth-order valence-electron chi connectivity index (χ4n) is 3.57. The predicted octanol–water partition coefficient (Wildman–Crippen LogP) is 2.29. The Morgan fingerprint density at radius 2 is 1.88 bits per heavy atom. The van der Waals surface area contributed by atoms with Gasteiger partial charge in [-0.25, -0.2) is 13.4 Å². The molecule has 0 bridgehead atoms. The molecule has 9 nitrogen and oxygen atoms in total. The van der Waals surface area contributed by atoms with E-state index in [-0.39, 0.29) is 30.3 Å². The first kappa shape index (κ1) is 21.1. The maximum atomic E-state index is 13.1. The first-order valence-electron chi connectivity index (χ1n) is 9.87. The maximum Gasteiger partial charge on any atom is 0.245 e. The standard InChI is InChI=1S/C20H18N6O3S3/c27-18(12-14-13-30-20(22-14)16-4-1-2-7-21-16)25-8-10-26(11-9-25)32(28,29)17-6-3-5-15-19(17)24-31-23-15/h1-7,13H,8-12H2. The van der Waals surface area contributed by atoms with Crippen molar-refractivity contribution in [3.05, 3.63) is 53.7 Å². The van der Waals surface area contributed by atoms with Crippen LogP contribution in [0.25, 0.3) is 21.7 Å². The number of nitrogens with zero attached hydrogens (tertiary/aromatic N) is 6. The lowest BCUT2D eigenvalue weighted by Crippen LogP contribution is -2.50. The quantitative estimate of drug-likeness (QED) is 0.426. The van der Waals surface area contributed by atoms with E-state index in [1.54, 1.807) is 29.3 Å². The topological polar surface area (TPSA) is 109 Å². The van der Waals surface area contributed by atoms with Gasteiger partial charge in [0.1, 0.15) is 20.9 Å². The Kier molecular flexibility index (Phi) is 5.67. The van der Waals surface area contributed by atoms with Gasteiger partial charge in [-0.2, -0.15) is 13.1 Å². The van der Waals surface area contributed by atoms with E-state index in [0.717, 1.165) is 22.4 Å². The molecule has 0 radical (unpaired) electrons. The number of amides is 1. The Hall–Kier alpha value is -2.80. The number of sulfonamides is 1. The minimum Gasteiger partial charge on any atom is -0.340 e.